The number of sulfone groups is 1. The van der Waals surface area contributed by atoms with Gasteiger partial charge in [0.2, 0.25) is 0 Å². The molecule has 0 unspecified atom stereocenters. The number of anilines is 1. The quantitative estimate of drug-likeness (QED) is 0.375. The second kappa shape index (κ2) is 9.17. The third kappa shape index (κ3) is 4.67. The van der Waals surface area contributed by atoms with Crippen molar-refractivity contribution in [2.45, 2.75) is 11.4 Å². The summed E-state index contributed by atoms with van der Waals surface area (Å²) in [5.74, 6) is 0.0521. The molecule has 2 aromatic carbocycles. The Morgan fingerprint density at radius 2 is 1.82 bits per heavy atom. The van der Waals surface area contributed by atoms with Crippen LogP contribution in [-0.2, 0) is 16.4 Å². The molecule has 9 heteroatoms. The van der Waals surface area contributed by atoms with E-state index in [0.29, 0.717) is 27.5 Å². The number of halogens is 1. The van der Waals surface area contributed by atoms with E-state index in [9.17, 15) is 13.2 Å². The second-order valence-corrected chi connectivity index (χ2v) is 9.71. The lowest BCUT2D eigenvalue weighted by atomic mass is 10.1. The van der Waals surface area contributed by atoms with Gasteiger partial charge in [-0.25, -0.2) is 13.4 Å². The smallest absolute Gasteiger partial charge is 0.260 e. The second-order valence-electron chi connectivity index (χ2n) is 7.34. The zero-order chi connectivity index (χ0) is 23.6. The lowest BCUT2D eigenvalue weighted by molar-refractivity contribution is 0.0984. The van der Waals surface area contributed by atoms with Crippen molar-refractivity contribution in [2.75, 3.05) is 18.3 Å². The van der Waals surface area contributed by atoms with Gasteiger partial charge >= 0.3 is 0 Å². The Hall–Kier alpha value is -3.49. The maximum atomic E-state index is 13.6. The highest BCUT2D eigenvalue weighted by molar-refractivity contribution is 7.90. The molecule has 0 bridgehead atoms. The summed E-state index contributed by atoms with van der Waals surface area (Å²) in [5, 5.41) is 1.13. The topological polar surface area (TPSA) is 89.5 Å². The van der Waals surface area contributed by atoms with E-state index in [4.69, 9.17) is 16.3 Å². The van der Waals surface area contributed by atoms with E-state index in [1.54, 1.807) is 42.6 Å². The molecule has 0 spiro atoms. The molecule has 33 heavy (non-hydrogen) atoms. The molecule has 0 aliphatic carbocycles. The molecule has 0 aliphatic heterocycles. The van der Waals surface area contributed by atoms with Crippen LogP contribution in [0.4, 0.5) is 5.69 Å². The summed E-state index contributed by atoms with van der Waals surface area (Å²) in [6.45, 7) is 0.0353. The van der Waals surface area contributed by atoms with Crippen LogP contribution in [0.15, 0.2) is 78.0 Å². The van der Waals surface area contributed by atoms with Crippen molar-refractivity contribution in [3.63, 3.8) is 0 Å². The maximum absolute atomic E-state index is 13.6. The number of ether oxygens (including phenoxy) is 1. The van der Waals surface area contributed by atoms with E-state index in [0.717, 1.165) is 11.6 Å². The van der Waals surface area contributed by atoms with Gasteiger partial charge in [-0.2, -0.15) is 0 Å². The van der Waals surface area contributed by atoms with Gasteiger partial charge in [0.05, 0.1) is 29.8 Å². The largest absolute Gasteiger partial charge is 0.494 e. The number of aromatic nitrogens is 2. The molecule has 7 nitrogen and oxygen atoms in total. The molecule has 2 heterocycles. The van der Waals surface area contributed by atoms with Gasteiger partial charge in [0.1, 0.15) is 16.4 Å². The molecule has 4 aromatic rings. The van der Waals surface area contributed by atoms with E-state index < -0.39 is 15.7 Å². The summed E-state index contributed by atoms with van der Waals surface area (Å²) in [6.07, 6.45) is 4.12. The summed E-state index contributed by atoms with van der Waals surface area (Å²) in [6, 6.07) is 16.9. The molecule has 4 rings (SSSR count). The Morgan fingerprint density at radius 3 is 2.52 bits per heavy atom. The van der Waals surface area contributed by atoms with Crippen molar-refractivity contribution in [3.05, 3.63) is 89.3 Å². The monoisotopic (exact) mass is 481 g/mol. The summed E-state index contributed by atoms with van der Waals surface area (Å²) < 4.78 is 30.7. The minimum Gasteiger partial charge on any atom is -0.494 e. The van der Waals surface area contributed by atoms with E-state index in [2.05, 4.69) is 9.97 Å². The standard InChI is InChI=1S/C24H20ClN3O4S/c1-32-23-18(10-9-16-11-12-21(25)27-22(16)23)15-28(24(29)17-6-5-13-26-14-17)19-7-3-4-8-20(19)33(2,30)31/h3-14H,15H2,1-2H3. The molecule has 0 saturated heterocycles. The fourth-order valence-electron chi connectivity index (χ4n) is 3.61. The van der Waals surface area contributed by atoms with E-state index in [1.165, 1.54) is 24.3 Å². The van der Waals surface area contributed by atoms with Gasteiger partial charge < -0.3 is 9.64 Å². The number of amides is 1. The third-order valence-corrected chi connectivity index (χ3v) is 6.46. The number of para-hydroxylation sites is 1. The lowest BCUT2D eigenvalue weighted by Crippen LogP contribution is -2.32. The first kappa shape index (κ1) is 22.7. The number of carbonyl (C=O) groups is 1. The van der Waals surface area contributed by atoms with Gasteiger partial charge in [-0.3, -0.25) is 9.78 Å². The van der Waals surface area contributed by atoms with Gasteiger partial charge in [-0.1, -0.05) is 35.9 Å². The zero-order valence-electron chi connectivity index (χ0n) is 17.9. The average molecular weight is 482 g/mol. The zero-order valence-corrected chi connectivity index (χ0v) is 19.5. The molecule has 168 valence electrons. The number of rotatable bonds is 6. The molecule has 0 radical (unpaired) electrons. The predicted octanol–water partition coefficient (Wildman–Crippen LogP) is 4.54. The lowest BCUT2D eigenvalue weighted by Gasteiger charge is -2.26. The Morgan fingerprint density at radius 1 is 1.06 bits per heavy atom. The third-order valence-electron chi connectivity index (χ3n) is 5.11. The summed E-state index contributed by atoms with van der Waals surface area (Å²) >= 11 is 6.10. The van der Waals surface area contributed by atoms with Crippen LogP contribution in [0.3, 0.4) is 0 Å². The normalized spacial score (nSPS) is 11.4. The molecule has 1 amide bonds. The first-order chi connectivity index (χ1) is 15.8. The van der Waals surface area contributed by atoms with Crippen LogP contribution in [0.1, 0.15) is 15.9 Å². The molecule has 2 aromatic heterocycles. The first-order valence-corrected chi connectivity index (χ1v) is 12.2. The van der Waals surface area contributed by atoms with Crippen LogP contribution in [0.25, 0.3) is 10.9 Å². The van der Waals surface area contributed by atoms with Crippen LogP contribution in [0.2, 0.25) is 5.15 Å². The minimum absolute atomic E-state index is 0.0353. The fraction of sp³-hybridized carbons (Fsp3) is 0.125. The number of methoxy groups -OCH3 is 1. The highest BCUT2D eigenvalue weighted by atomic mass is 35.5. The predicted molar refractivity (Wildman–Crippen MR) is 128 cm³/mol. The Labute approximate surface area is 196 Å². The van der Waals surface area contributed by atoms with E-state index in [-0.39, 0.29) is 17.1 Å². The molecular formula is C24H20ClN3O4S. The molecular weight excluding hydrogens is 462 g/mol. The Bertz CT molecular complexity index is 1440. The van der Waals surface area contributed by atoms with Crippen LogP contribution < -0.4 is 9.64 Å². The minimum atomic E-state index is -3.61. The Balaban J connectivity index is 1.90. The molecule has 0 N–H and O–H groups in total. The van der Waals surface area contributed by atoms with Gasteiger partial charge in [-0.05, 0) is 36.4 Å². The van der Waals surface area contributed by atoms with E-state index >= 15 is 0 Å². The number of benzene rings is 2. The maximum Gasteiger partial charge on any atom is 0.260 e. The van der Waals surface area contributed by atoms with Gasteiger partial charge in [0.15, 0.2) is 9.84 Å². The van der Waals surface area contributed by atoms with Crippen molar-refractivity contribution < 1.29 is 17.9 Å². The van der Waals surface area contributed by atoms with Gasteiger partial charge in [0.25, 0.3) is 5.91 Å². The van der Waals surface area contributed by atoms with Crippen molar-refractivity contribution in [1.29, 1.82) is 0 Å². The highest BCUT2D eigenvalue weighted by Gasteiger charge is 2.26. The van der Waals surface area contributed by atoms with E-state index in [1.807, 2.05) is 18.2 Å². The number of hydrogen-bond acceptors (Lipinski definition) is 6. The van der Waals surface area contributed by atoms with Crippen molar-refractivity contribution in [2.24, 2.45) is 0 Å². The number of fused-ring (bicyclic) bond motifs is 1. The summed E-state index contributed by atoms with van der Waals surface area (Å²) in [5.41, 5.74) is 1.77. The highest BCUT2D eigenvalue weighted by Crippen LogP contribution is 2.33. The van der Waals surface area contributed by atoms with Crippen molar-refractivity contribution in [3.8, 4) is 5.75 Å². The SMILES string of the molecule is COc1c(CN(C(=O)c2cccnc2)c2ccccc2S(C)(=O)=O)ccc2ccc(Cl)nc12. The first-order valence-electron chi connectivity index (χ1n) is 9.92. The van der Waals surface area contributed by atoms with Crippen LogP contribution in [0, 0.1) is 0 Å². The van der Waals surface area contributed by atoms with Crippen LogP contribution >= 0.6 is 11.6 Å². The van der Waals surface area contributed by atoms with Gasteiger partial charge in [-0.15, -0.1) is 0 Å². The summed E-state index contributed by atoms with van der Waals surface area (Å²) in [7, 11) is -2.10. The fourth-order valence-corrected chi connectivity index (χ4v) is 4.64. The number of carbonyl (C=O) groups excluding carboxylic acids is 1. The molecule has 0 fully saturated rings. The van der Waals surface area contributed by atoms with Crippen molar-refractivity contribution >= 4 is 43.9 Å². The summed E-state index contributed by atoms with van der Waals surface area (Å²) in [4.78, 5) is 23.4. The number of nitrogens with zero attached hydrogens (tertiary/aromatic N) is 3. The number of hydrogen-bond donors (Lipinski definition) is 0. The average Bonchev–Trinajstić information content (AvgIpc) is 2.81. The Kier molecular flexibility index (Phi) is 6.31. The van der Waals surface area contributed by atoms with Crippen LogP contribution in [-0.4, -0.2) is 37.7 Å². The molecule has 0 atom stereocenters. The van der Waals surface area contributed by atoms with Gasteiger partial charge in [0, 0.05) is 29.6 Å². The molecule has 0 aliphatic rings. The van der Waals surface area contributed by atoms with Crippen LogP contribution in [0.5, 0.6) is 5.75 Å². The molecule has 0 saturated carbocycles. The number of pyridine rings is 2. The van der Waals surface area contributed by atoms with Crippen molar-refractivity contribution in [1.82, 2.24) is 9.97 Å².